The normalized spacial score (nSPS) is 15.0. The Morgan fingerprint density at radius 1 is 0.375 bits per heavy atom. The summed E-state index contributed by atoms with van der Waals surface area (Å²) in [5.74, 6) is -0.0713. The topological polar surface area (TPSA) is 34.1 Å². The van der Waals surface area contributed by atoms with Gasteiger partial charge in [-0.25, -0.2) is 0 Å². The number of hydrogen-bond acceptors (Lipinski definition) is 2. The van der Waals surface area contributed by atoms with Crippen LogP contribution in [0.15, 0.2) is 24.3 Å². The summed E-state index contributed by atoms with van der Waals surface area (Å²) in [5.41, 5.74) is 6.20. The van der Waals surface area contributed by atoms with Gasteiger partial charge in [0.1, 0.15) is 0 Å². The zero-order chi connectivity index (χ0) is 24.6. The SMILES string of the molecule is CC(C)(C)c1cc2c(cc1C(C)(C)C)C(=O)c1cc(C(C)(C)C)c(C(C)(C)C)cc1C2=O. The van der Waals surface area contributed by atoms with E-state index in [1.54, 1.807) is 0 Å². The van der Waals surface area contributed by atoms with Crippen molar-refractivity contribution in [3.63, 3.8) is 0 Å². The Bertz CT molecular complexity index is 940. The summed E-state index contributed by atoms with van der Waals surface area (Å²) in [6.45, 7) is 26.0. The fourth-order valence-electron chi connectivity index (χ4n) is 4.72. The molecule has 0 fully saturated rings. The van der Waals surface area contributed by atoms with E-state index in [4.69, 9.17) is 0 Å². The van der Waals surface area contributed by atoms with Crippen LogP contribution in [0.4, 0.5) is 0 Å². The molecular weight excluding hydrogens is 392 g/mol. The summed E-state index contributed by atoms with van der Waals surface area (Å²) >= 11 is 0. The zero-order valence-corrected chi connectivity index (χ0v) is 22.1. The molecule has 172 valence electrons. The van der Waals surface area contributed by atoms with Gasteiger partial charge in [0.15, 0.2) is 11.6 Å². The molecule has 0 radical (unpaired) electrons. The van der Waals surface area contributed by atoms with Gasteiger partial charge < -0.3 is 0 Å². The van der Waals surface area contributed by atoms with Gasteiger partial charge in [-0.2, -0.15) is 0 Å². The van der Waals surface area contributed by atoms with Gasteiger partial charge in [-0.3, -0.25) is 9.59 Å². The highest BCUT2D eigenvalue weighted by molar-refractivity contribution is 6.28. The van der Waals surface area contributed by atoms with E-state index < -0.39 is 0 Å². The van der Waals surface area contributed by atoms with Crippen LogP contribution in [-0.4, -0.2) is 11.6 Å². The van der Waals surface area contributed by atoms with Crippen LogP contribution < -0.4 is 0 Å². The highest BCUT2D eigenvalue weighted by Gasteiger charge is 2.37. The molecule has 1 aliphatic rings. The summed E-state index contributed by atoms with van der Waals surface area (Å²) in [5, 5.41) is 0. The quantitative estimate of drug-likeness (QED) is 0.365. The molecule has 3 rings (SSSR count). The Balaban J connectivity index is 2.38. The van der Waals surface area contributed by atoms with Gasteiger partial charge in [0.05, 0.1) is 0 Å². The van der Waals surface area contributed by atoms with Gasteiger partial charge in [0.2, 0.25) is 0 Å². The van der Waals surface area contributed by atoms with E-state index in [9.17, 15) is 9.59 Å². The van der Waals surface area contributed by atoms with E-state index in [0.29, 0.717) is 22.3 Å². The molecule has 0 spiro atoms. The molecule has 2 aromatic carbocycles. The predicted molar refractivity (Wildman–Crippen MR) is 135 cm³/mol. The molecule has 0 saturated heterocycles. The minimum atomic E-state index is -0.131. The van der Waals surface area contributed by atoms with Crippen molar-refractivity contribution in [3.8, 4) is 0 Å². The van der Waals surface area contributed by atoms with Crippen LogP contribution in [0.2, 0.25) is 0 Å². The molecule has 0 bridgehead atoms. The minimum absolute atomic E-state index is 0.0356. The molecule has 0 aromatic heterocycles. The molecule has 1 aliphatic carbocycles. The van der Waals surface area contributed by atoms with Gasteiger partial charge in [0.25, 0.3) is 0 Å². The van der Waals surface area contributed by atoms with E-state index in [0.717, 1.165) is 22.3 Å². The Morgan fingerprint density at radius 3 is 0.656 bits per heavy atom. The molecule has 0 amide bonds. The molecule has 2 heteroatoms. The van der Waals surface area contributed by atoms with Gasteiger partial charge >= 0.3 is 0 Å². The van der Waals surface area contributed by atoms with Crippen molar-refractivity contribution in [2.24, 2.45) is 0 Å². The maximum absolute atomic E-state index is 13.8. The van der Waals surface area contributed by atoms with E-state index in [-0.39, 0.29) is 33.2 Å². The molecule has 0 atom stereocenters. The van der Waals surface area contributed by atoms with Crippen LogP contribution in [0.1, 0.15) is 137 Å². The molecule has 0 heterocycles. The van der Waals surface area contributed by atoms with Crippen molar-refractivity contribution in [1.29, 1.82) is 0 Å². The van der Waals surface area contributed by atoms with Gasteiger partial charge in [-0.15, -0.1) is 0 Å². The summed E-state index contributed by atoms with van der Waals surface area (Å²) < 4.78 is 0. The first kappa shape index (κ1) is 24.4. The molecule has 0 aliphatic heterocycles. The molecule has 0 unspecified atom stereocenters. The maximum atomic E-state index is 13.8. The number of ketones is 2. The third-order valence-corrected chi connectivity index (χ3v) is 6.53. The number of carbonyl (C=O) groups is 2. The Hall–Kier alpha value is -2.22. The van der Waals surface area contributed by atoms with Gasteiger partial charge in [-0.05, 0) is 68.2 Å². The van der Waals surface area contributed by atoms with E-state index in [1.807, 2.05) is 24.3 Å². The number of fused-ring (bicyclic) bond motifs is 2. The van der Waals surface area contributed by atoms with Crippen molar-refractivity contribution in [2.75, 3.05) is 0 Å². The fourth-order valence-corrected chi connectivity index (χ4v) is 4.72. The van der Waals surface area contributed by atoms with Crippen molar-refractivity contribution >= 4 is 11.6 Å². The highest BCUT2D eigenvalue weighted by Crippen LogP contribution is 2.42. The number of benzene rings is 2. The minimum Gasteiger partial charge on any atom is -0.289 e. The van der Waals surface area contributed by atoms with Crippen molar-refractivity contribution in [1.82, 2.24) is 0 Å². The second-order valence-electron chi connectivity index (χ2n) is 13.5. The molecule has 0 saturated carbocycles. The van der Waals surface area contributed by atoms with Crippen molar-refractivity contribution < 1.29 is 9.59 Å². The Kier molecular flexibility index (Phi) is 5.45. The van der Waals surface area contributed by atoms with Gasteiger partial charge in [-0.1, -0.05) is 83.1 Å². The molecule has 2 aromatic rings. The lowest BCUT2D eigenvalue weighted by atomic mass is 9.69. The highest BCUT2D eigenvalue weighted by atomic mass is 16.1. The molecular formula is C30H40O2. The van der Waals surface area contributed by atoms with E-state index in [2.05, 4.69) is 83.1 Å². The Morgan fingerprint density at radius 2 is 0.531 bits per heavy atom. The monoisotopic (exact) mass is 432 g/mol. The van der Waals surface area contributed by atoms with E-state index >= 15 is 0 Å². The summed E-state index contributed by atoms with van der Waals surface area (Å²) in [7, 11) is 0. The van der Waals surface area contributed by atoms with Crippen LogP contribution in [0.25, 0.3) is 0 Å². The summed E-state index contributed by atoms with van der Waals surface area (Å²) in [6, 6.07) is 7.97. The smallest absolute Gasteiger partial charge is 0.194 e. The van der Waals surface area contributed by atoms with E-state index in [1.165, 1.54) is 0 Å². The second-order valence-corrected chi connectivity index (χ2v) is 13.5. The van der Waals surface area contributed by atoms with Crippen LogP contribution in [0.5, 0.6) is 0 Å². The number of hydrogen-bond donors (Lipinski definition) is 0. The number of rotatable bonds is 0. The average Bonchev–Trinajstić information content (AvgIpc) is 2.61. The maximum Gasteiger partial charge on any atom is 0.194 e. The third-order valence-electron chi connectivity index (χ3n) is 6.53. The standard InChI is InChI=1S/C30H40O2/c1-27(2,3)21-13-17-18(14-22(21)28(4,5)6)26(32)20-16-24(30(10,11)12)23(29(7,8)9)15-19(20)25(17)31/h13-16H,1-12H3. The first-order valence-corrected chi connectivity index (χ1v) is 11.7. The second kappa shape index (κ2) is 7.14. The van der Waals surface area contributed by atoms with Crippen molar-refractivity contribution in [2.45, 2.75) is 105 Å². The lowest BCUT2D eigenvalue weighted by Gasteiger charge is -2.34. The van der Waals surface area contributed by atoms with Crippen LogP contribution in [0.3, 0.4) is 0 Å². The first-order chi connectivity index (χ1) is 14.2. The lowest BCUT2D eigenvalue weighted by molar-refractivity contribution is 0.0978. The molecule has 2 nitrogen and oxygen atoms in total. The first-order valence-electron chi connectivity index (χ1n) is 11.7. The van der Waals surface area contributed by atoms with Gasteiger partial charge in [0, 0.05) is 22.3 Å². The summed E-state index contributed by atoms with van der Waals surface area (Å²) in [6.07, 6.45) is 0. The summed E-state index contributed by atoms with van der Waals surface area (Å²) in [4.78, 5) is 27.6. The zero-order valence-electron chi connectivity index (χ0n) is 22.1. The van der Waals surface area contributed by atoms with Crippen LogP contribution in [0, 0.1) is 0 Å². The number of carbonyl (C=O) groups excluding carboxylic acids is 2. The largest absolute Gasteiger partial charge is 0.289 e. The predicted octanol–water partition coefficient (Wildman–Crippen LogP) is 7.65. The molecule has 32 heavy (non-hydrogen) atoms. The van der Waals surface area contributed by atoms with Crippen LogP contribution in [-0.2, 0) is 21.7 Å². The third kappa shape index (κ3) is 4.09. The lowest BCUT2D eigenvalue weighted by Crippen LogP contribution is -2.29. The average molecular weight is 433 g/mol. The molecule has 0 N–H and O–H groups in total. The fraction of sp³-hybridized carbons (Fsp3) is 0.533. The Labute approximate surface area is 194 Å². The van der Waals surface area contributed by atoms with Crippen LogP contribution >= 0.6 is 0 Å². The van der Waals surface area contributed by atoms with Crippen molar-refractivity contribution in [3.05, 3.63) is 68.8 Å².